The molecule has 0 amide bonds. The van der Waals surface area contributed by atoms with Gasteiger partial charge >= 0.3 is 5.97 Å². The quantitative estimate of drug-likeness (QED) is 0.589. The summed E-state index contributed by atoms with van der Waals surface area (Å²) in [7, 11) is 0. The summed E-state index contributed by atoms with van der Waals surface area (Å²) in [5, 5.41) is 0. The Bertz CT molecular complexity index is 456. The Balaban J connectivity index is 2.22. The second-order valence-electron chi connectivity index (χ2n) is 6.00. The average Bonchev–Trinajstić information content (AvgIpc) is 2.25. The van der Waals surface area contributed by atoms with Gasteiger partial charge in [-0.25, -0.2) is 0 Å². The lowest BCUT2D eigenvalue weighted by molar-refractivity contribution is -0.149. The van der Waals surface area contributed by atoms with E-state index in [2.05, 4.69) is 26.0 Å². The second-order valence-corrected chi connectivity index (χ2v) is 6.00. The highest BCUT2D eigenvalue weighted by molar-refractivity contribution is 5.80. The van der Waals surface area contributed by atoms with Gasteiger partial charge in [-0.3, -0.25) is 4.79 Å². The highest BCUT2D eigenvalue weighted by Gasteiger charge is 2.41. The van der Waals surface area contributed by atoms with E-state index in [4.69, 9.17) is 4.74 Å². The molecule has 1 aromatic rings. The molecule has 98 valence electrons. The van der Waals surface area contributed by atoms with E-state index in [0.717, 1.165) is 36.1 Å². The first-order valence-corrected chi connectivity index (χ1v) is 6.75. The van der Waals surface area contributed by atoms with Crippen LogP contribution in [0.1, 0.15) is 57.1 Å². The van der Waals surface area contributed by atoms with Gasteiger partial charge in [0.1, 0.15) is 5.75 Å². The molecule has 0 aliphatic heterocycles. The van der Waals surface area contributed by atoms with Crippen molar-refractivity contribution in [1.29, 1.82) is 0 Å². The lowest BCUT2D eigenvalue weighted by Gasteiger charge is -2.35. The molecule has 0 radical (unpaired) electrons. The summed E-state index contributed by atoms with van der Waals surface area (Å²) in [6.45, 7) is 8.26. The molecule has 0 spiro atoms. The molecule has 0 unspecified atom stereocenters. The van der Waals surface area contributed by atoms with E-state index in [1.807, 2.05) is 19.9 Å². The minimum atomic E-state index is -0.252. The van der Waals surface area contributed by atoms with E-state index in [9.17, 15) is 4.79 Å². The van der Waals surface area contributed by atoms with Crippen molar-refractivity contribution >= 4 is 5.97 Å². The third-order valence-electron chi connectivity index (χ3n) is 3.94. The van der Waals surface area contributed by atoms with Crippen molar-refractivity contribution < 1.29 is 9.53 Å². The summed E-state index contributed by atoms with van der Waals surface area (Å²) < 4.78 is 5.66. The van der Waals surface area contributed by atoms with Crippen LogP contribution in [-0.2, 0) is 4.79 Å². The maximum Gasteiger partial charge on any atom is 0.317 e. The molecular weight excluding hydrogens is 224 g/mol. The number of esters is 1. The van der Waals surface area contributed by atoms with Gasteiger partial charge in [-0.2, -0.15) is 0 Å². The smallest absolute Gasteiger partial charge is 0.317 e. The zero-order valence-electron chi connectivity index (χ0n) is 11.7. The van der Waals surface area contributed by atoms with Gasteiger partial charge < -0.3 is 4.74 Å². The normalized spacial score (nSPS) is 17.4. The molecular formula is C16H22O2. The Morgan fingerprint density at radius 1 is 1.33 bits per heavy atom. The molecule has 2 nitrogen and oxygen atoms in total. The first kappa shape index (κ1) is 13.1. The van der Waals surface area contributed by atoms with E-state index in [1.54, 1.807) is 0 Å². The largest absolute Gasteiger partial charge is 0.426 e. The number of ether oxygens (including phenoxy) is 1. The fraction of sp³-hybridized carbons (Fsp3) is 0.562. The van der Waals surface area contributed by atoms with Crippen molar-refractivity contribution in [3.8, 4) is 5.75 Å². The Morgan fingerprint density at radius 2 is 2.00 bits per heavy atom. The molecule has 0 aromatic heterocycles. The Hall–Kier alpha value is -1.31. The highest BCUT2D eigenvalue weighted by atomic mass is 16.5. The number of aryl methyl sites for hydroxylation is 1. The van der Waals surface area contributed by atoms with Crippen LogP contribution >= 0.6 is 0 Å². The van der Waals surface area contributed by atoms with Crippen LogP contribution in [0, 0.1) is 12.3 Å². The molecule has 1 saturated carbocycles. The molecule has 0 N–H and O–H groups in total. The van der Waals surface area contributed by atoms with Crippen molar-refractivity contribution in [2.75, 3.05) is 0 Å². The standard InChI is InChI=1S/C16H22O2/c1-11(2)13-7-6-12(3)10-14(13)18-15(17)16(4)8-5-9-16/h6-7,10-11H,5,8-9H2,1-4H3. The van der Waals surface area contributed by atoms with E-state index >= 15 is 0 Å². The maximum atomic E-state index is 12.2. The van der Waals surface area contributed by atoms with Gasteiger partial charge in [0, 0.05) is 0 Å². The number of hydrogen-bond acceptors (Lipinski definition) is 2. The summed E-state index contributed by atoms with van der Waals surface area (Å²) >= 11 is 0. The second kappa shape index (κ2) is 4.75. The SMILES string of the molecule is Cc1ccc(C(C)C)c(OC(=O)C2(C)CCC2)c1. The van der Waals surface area contributed by atoms with Crippen LogP contribution in [0.2, 0.25) is 0 Å². The van der Waals surface area contributed by atoms with Crippen molar-refractivity contribution in [2.45, 2.75) is 52.9 Å². The summed E-state index contributed by atoms with van der Waals surface area (Å²) in [6.07, 6.45) is 3.04. The predicted molar refractivity (Wildman–Crippen MR) is 72.9 cm³/mol. The third kappa shape index (κ3) is 2.43. The van der Waals surface area contributed by atoms with Gasteiger partial charge in [0.15, 0.2) is 0 Å². The molecule has 18 heavy (non-hydrogen) atoms. The Labute approximate surface area is 109 Å². The molecule has 2 rings (SSSR count). The number of rotatable bonds is 3. The third-order valence-corrected chi connectivity index (χ3v) is 3.94. The fourth-order valence-corrected chi connectivity index (χ4v) is 2.34. The first-order chi connectivity index (χ1) is 8.42. The van der Waals surface area contributed by atoms with Gasteiger partial charge in [0.25, 0.3) is 0 Å². The van der Waals surface area contributed by atoms with Crippen LogP contribution in [0.3, 0.4) is 0 Å². The van der Waals surface area contributed by atoms with Gasteiger partial charge in [0.05, 0.1) is 5.41 Å². The highest BCUT2D eigenvalue weighted by Crippen LogP contribution is 2.42. The molecule has 1 aliphatic rings. The topological polar surface area (TPSA) is 26.3 Å². The minimum Gasteiger partial charge on any atom is -0.426 e. The lowest BCUT2D eigenvalue weighted by atomic mass is 9.70. The van der Waals surface area contributed by atoms with Crippen LogP contribution in [-0.4, -0.2) is 5.97 Å². The van der Waals surface area contributed by atoms with Gasteiger partial charge in [-0.05, 0) is 49.8 Å². The van der Waals surface area contributed by atoms with Crippen LogP contribution in [0.25, 0.3) is 0 Å². The summed E-state index contributed by atoms with van der Waals surface area (Å²) in [4.78, 5) is 12.2. The van der Waals surface area contributed by atoms with Gasteiger partial charge in [0.2, 0.25) is 0 Å². The van der Waals surface area contributed by atoms with Crippen molar-refractivity contribution in [3.05, 3.63) is 29.3 Å². The van der Waals surface area contributed by atoms with E-state index in [-0.39, 0.29) is 11.4 Å². The molecule has 2 heteroatoms. The van der Waals surface area contributed by atoms with Crippen molar-refractivity contribution in [2.24, 2.45) is 5.41 Å². The molecule has 1 aliphatic carbocycles. The fourth-order valence-electron chi connectivity index (χ4n) is 2.34. The monoisotopic (exact) mass is 246 g/mol. The zero-order valence-corrected chi connectivity index (χ0v) is 11.7. The number of carbonyl (C=O) groups excluding carboxylic acids is 1. The number of carbonyl (C=O) groups is 1. The Kier molecular flexibility index (Phi) is 3.47. The lowest BCUT2D eigenvalue weighted by Crippen LogP contribution is -2.38. The van der Waals surface area contributed by atoms with E-state index in [1.165, 1.54) is 0 Å². The molecule has 0 bridgehead atoms. The van der Waals surface area contributed by atoms with Crippen LogP contribution in [0.5, 0.6) is 5.75 Å². The van der Waals surface area contributed by atoms with E-state index < -0.39 is 0 Å². The summed E-state index contributed by atoms with van der Waals surface area (Å²) in [5.41, 5.74) is 1.98. The molecule has 1 fully saturated rings. The van der Waals surface area contributed by atoms with Crippen LogP contribution < -0.4 is 4.74 Å². The maximum absolute atomic E-state index is 12.2. The molecule has 1 aromatic carbocycles. The summed E-state index contributed by atoms with van der Waals surface area (Å²) in [6, 6.07) is 6.10. The average molecular weight is 246 g/mol. The number of hydrogen-bond donors (Lipinski definition) is 0. The zero-order chi connectivity index (χ0) is 13.3. The van der Waals surface area contributed by atoms with Crippen molar-refractivity contribution in [1.82, 2.24) is 0 Å². The van der Waals surface area contributed by atoms with Crippen LogP contribution in [0.15, 0.2) is 18.2 Å². The minimum absolute atomic E-state index is 0.0683. The molecule has 0 heterocycles. The first-order valence-electron chi connectivity index (χ1n) is 6.75. The van der Waals surface area contributed by atoms with Gasteiger partial charge in [-0.15, -0.1) is 0 Å². The Morgan fingerprint density at radius 3 is 2.50 bits per heavy atom. The van der Waals surface area contributed by atoms with Crippen molar-refractivity contribution in [3.63, 3.8) is 0 Å². The van der Waals surface area contributed by atoms with E-state index in [0.29, 0.717) is 5.92 Å². The summed E-state index contributed by atoms with van der Waals surface area (Å²) in [5.74, 6) is 1.03. The van der Waals surface area contributed by atoms with Crippen LogP contribution in [0.4, 0.5) is 0 Å². The molecule has 0 atom stereocenters. The van der Waals surface area contributed by atoms with Gasteiger partial charge in [-0.1, -0.05) is 32.4 Å². The molecule has 0 saturated heterocycles. The number of benzene rings is 1. The predicted octanol–water partition coefficient (Wildman–Crippen LogP) is 4.21.